The van der Waals surface area contributed by atoms with Crippen LogP contribution in [0.1, 0.15) is 5.69 Å². The number of nitrogens with zero attached hydrogens (tertiary/aromatic N) is 1. The van der Waals surface area contributed by atoms with Gasteiger partial charge in [0.1, 0.15) is 6.61 Å². The van der Waals surface area contributed by atoms with Gasteiger partial charge in [0.25, 0.3) is 0 Å². The van der Waals surface area contributed by atoms with Crippen LogP contribution in [0.5, 0.6) is 11.5 Å². The van der Waals surface area contributed by atoms with Crippen LogP contribution in [-0.4, -0.2) is 10.1 Å². The van der Waals surface area contributed by atoms with Gasteiger partial charge in [-0.1, -0.05) is 18.2 Å². The lowest BCUT2D eigenvalue weighted by Crippen LogP contribution is -2.07. The highest BCUT2D eigenvalue weighted by Gasteiger charge is 2.19. The van der Waals surface area contributed by atoms with E-state index in [1.807, 2.05) is 18.2 Å². The molecule has 0 fully saturated rings. The van der Waals surface area contributed by atoms with E-state index in [1.54, 1.807) is 18.3 Å². The maximum atomic E-state index is 9.64. The Morgan fingerprint density at radius 2 is 2.00 bits per heavy atom. The third-order valence-electron chi connectivity index (χ3n) is 2.53. The van der Waals surface area contributed by atoms with Crippen molar-refractivity contribution in [1.29, 1.82) is 0 Å². The van der Waals surface area contributed by atoms with E-state index in [1.165, 1.54) is 0 Å². The average Bonchev–Trinajstić information content (AvgIpc) is 2.29. The Labute approximate surface area is 87.0 Å². The summed E-state index contributed by atoms with van der Waals surface area (Å²) in [5.74, 6) is 0.736. The number of pyridine rings is 1. The maximum Gasteiger partial charge on any atom is 0.169 e. The number of hydrogen-bond donors (Lipinski definition) is 1. The summed E-state index contributed by atoms with van der Waals surface area (Å²) in [6.07, 6.45) is 1.75. The summed E-state index contributed by atoms with van der Waals surface area (Å²) in [5, 5.41) is 9.64. The largest absolute Gasteiger partial charge is 0.504 e. The molecule has 0 saturated heterocycles. The zero-order valence-electron chi connectivity index (χ0n) is 7.97. The number of aromatic nitrogens is 1. The Bertz CT molecular complexity index is 523. The van der Waals surface area contributed by atoms with Gasteiger partial charge in [-0.15, -0.1) is 0 Å². The van der Waals surface area contributed by atoms with E-state index in [9.17, 15) is 5.11 Å². The Morgan fingerprint density at radius 3 is 2.93 bits per heavy atom. The molecule has 74 valence electrons. The average molecular weight is 199 g/mol. The predicted octanol–water partition coefficient (Wildman–Crippen LogP) is 2.35. The van der Waals surface area contributed by atoms with Gasteiger partial charge in [-0.25, -0.2) is 0 Å². The third-order valence-corrected chi connectivity index (χ3v) is 2.53. The maximum absolute atomic E-state index is 9.64. The van der Waals surface area contributed by atoms with Gasteiger partial charge in [-0.2, -0.15) is 0 Å². The summed E-state index contributed by atoms with van der Waals surface area (Å²) in [7, 11) is 0. The molecule has 3 heteroatoms. The highest BCUT2D eigenvalue weighted by Crippen LogP contribution is 2.41. The fraction of sp³-hybridized carbons (Fsp3) is 0.0833. The summed E-state index contributed by atoms with van der Waals surface area (Å²) < 4.78 is 5.47. The zero-order chi connectivity index (χ0) is 10.3. The van der Waals surface area contributed by atoms with Crippen LogP contribution >= 0.6 is 0 Å². The zero-order valence-corrected chi connectivity index (χ0v) is 7.97. The first kappa shape index (κ1) is 8.29. The quantitative estimate of drug-likeness (QED) is 0.708. The van der Waals surface area contributed by atoms with Crippen molar-refractivity contribution < 1.29 is 9.84 Å². The molecule has 15 heavy (non-hydrogen) atoms. The molecule has 0 atom stereocenters. The van der Waals surface area contributed by atoms with E-state index in [-0.39, 0.29) is 5.75 Å². The SMILES string of the molecule is Oc1cccc2c1OCc1ncccc1-2. The first-order valence-electron chi connectivity index (χ1n) is 4.75. The molecule has 2 aromatic rings. The number of para-hydroxylation sites is 1. The van der Waals surface area contributed by atoms with Gasteiger partial charge in [0.2, 0.25) is 0 Å². The van der Waals surface area contributed by atoms with Crippen molar-refractivity contribution in [2.75, 3.05) is 0 Å². The second-order valence-electron chi connectivity index (χ2n) is 3.44. The molecule has 0 bridgehead atoms. The van der Waals surface area contributed by atoms with Gasteiger partial charge in [-0.3, -0.25) is 4.98 Å². The monoisotopic (exact) mass is 199 g/mol. The van der Waals surface area contributed by atoms with Crippen LogP contribution in [0.4, 0.5) is 0 Å². The molecule has 3 rings (SSSR count). The summed E-state index contributed by atoms with van der Waals surface area (Å²) in [6, 6.07) is 9.23. The highest BCUT2D eigenvalue weighted by molar-refractivity contribution is 5.76. The Morgan fingerprint density at radius 1 is 1.13 bits per heavy atom. The van der Waals surface area contributed by atoms with E-state index < -0.39 is 0 Å². The molecule has 3 nitrogen and oxygen atoms in total. The van der Waals surface area contributed by atoms with Gasteiger partial charge >= 0.3 is 0 Å². The second kappa shape index (κ2) is 2.98. The van der Waals surface area contributed by atoms with E-state index in [2.05, 4.69) is 4.98 Å². The summed E-state index contributed by atoms with van der Waals surface area (Å²) in [4.78, 5) is 4.24. The number of aromatic hydroxyl groups is 1. The van der Waals surface area contributed by atoms with E-state index in [0.717, 1.165) is 16.8 Å². The summed E-state index contributed by atoms with van der Waals surface area (Å²) in [5.41, 5.74) is 2.86. The number of fused-ring (bicyclic) bond motifs is 3. The molecule has 0 unspecified atom stereocenters. The van der Waals surface area contributed by atoms with Crippen LogP contribution in [0.3, 0.4) is 0 Å². The summed E-state index contributed by atoms with van der Waals surface area (Å²) >= 11 is 0. The van der Waals surface area contributed by atoms with Gasteiger partial charge in [-0.05, 0) is 12.1 Å². The number of phenols is 1. The smallest absolute Gasteiger partial charge is 0.169 e. The minimum Gasteiger partial charge on any atom is -0.504 e. The number of benzene rings is 1. The molecule has 1 aliphatic rings. The predicted molar refractivity (Wildman–Crippen MR) is 55.7 cm³/mol. The van der Waals surface area contributed by atoms with Crippen molar-refractivity contribution in [2.24, 2.45) is 0 Å². The van der Waals surface area contributed by atoms with Crippen LogP contribution in [0.15, 0.2) is 36.5 Å². The molecule has 0 aliphatic carbocycles. The van der Waals surface area contributed by atoms with Gasteiger partial charge in [0, 0.05) is 17.3 Å². The molecule has 0 amide bonds. The Hall–Kier alpha value is -2.03. The number of hydrogen-bond acceptors (Lipinski definition) is 3. The number of phenolic OH excluding ortho intramolecular Hbond substituents is 1. The fourth-order valence-corrected chi connectivity index (χ4v) is 1.83. The van der Waals surface area contributed by atoms with Crippen molar-refractivity contribution >= 4 is 0 Å². The topological polar surface area (TPSA) is 42.4 Å². The van der Waals surface area contributed by atoms with Gasteiger partial charge in [0.05, 0.1) is 5.69 Å². The first-order chi connectivity index (χ1) is 7.36. The fourth-order valence-electron chi connectivity index (χ4n) is 1.83. The van der Waals surface area contributed by atoms with Crippen LogP contribution < -0.4 is 4.74 Å². The highest BCUT2D eigenvalue weighted by atomic mass is 16.5. The molecule has 0 radical (unpaired) electrons. The molecule has 0 spiro atoms. The lowest BCUT2D eigenvalue weighted by molar-refractivity contribution is 0.281. The lowest BCUT2D eigenvalue weighted by Gasteiger charge is -2.20. The molecule has 1 aromatic carbocycles. The Kier molecular flexibility index (Phi) is 1.65. The van der Waals surface area contributed by atoms with Crippen molar-refractivity contribution in [3.05, 3.63) is 42.2 Å². The molecule has 1 aliphatic heterocycles. The van der Waals surface area contributed by atoms with E-state index in [0.29, 0.717) is 12.4 Å². The van der Waals surface area contributed by atoms with Gasteiger partial charge < -0.3 is 9.84 Å². The minimum absolute atomic E-state index is 0.182. The van der Waals surface area contributed by atoms with Crippen LogP contribution in [0, 0.1) is 0 Å². The Balaban J connectivity index is 2.30. The van der Waals surface area contributed by atoms with E-state index in [4.69, 9.17) is 4.74 Å². The minimum atomic E-state index is 0.182. The standard InChI is InChI=1S/C12H9NO2/c14-11-5-1-3-9-8-4-2-6-13-10(8)7-15-12(9)11/h1-6,14H,7H2. The normalized spacial score (nSPS) is 12.5. The van der Waals surface area contributed by atoms with E-state index >= 15 is 0 Å². The third kappa shape index (κ3) is 1.16. The first-order valence-corrected chi connectivity index (χ1v) is 4.75. The van der Waals surface area contributed by atoms with Crippen LogP contribution in [0.2, 0.25) is 0 Å². The molecule has 1 aromatic heterocycles. The van der Waals surface area contributed by atoms with Crippen molar-refractivity contribution in [2.45, 2.75) is 6.61 Å². The van der Waals surface area contributed by atoms with Crippen molar-refractivity contribution in [3.63, 3.8) is 0 Å². The van der Waals surface area contributed by atoms with Crippen LogP contribution in [-0.2, 0) is 6.61 Å². The molecule has 2 heterocycles. The van der Waals surface area contributed by atoms with Crippen molar-refractivity contribution in [3.8, 4) is 22.6 Å². The number of rotatable bonds is 0. The lowest BCUT2D eigenvalue weighted by atomic mass is 10.0. The molecule has 1 N–H and O–H groups in total. The van der Waals surface area contributed by atoms with Crippen molar-refractivity contribution in [1.82, 2.24) is 4.98 Å². The molecule has 0 saturated carbocycles. The van der Waals surface area contributed by atoms with Crippen LogP contribution in [0.25, 0.3) is 11.1 Å². The number of ether oxygens (including phenoxy) is 1. The summed E-state index contributed by atoms with van der Waals surface area (Å²) in [6.45, 7) is 0.417. The second-order valence-corrected chi connectivity index (χ2v) is 3.44. The van der Waals surface area contributed by atoms with Gasteiger partial charge in [0.15, 0.2) is 11.5 Å². The molecular formula is C12H9NO2. The molecular weight excluding hydrogens is 190 g/mol.